The molecule has 1 rings (SSSR count). The third-order valence-corrected chi connectivity index (χ3v) is 2.69. The van der Waals surface area contributed by atoms with Gasteiger partial charge in [-0.25, -0.2) is 0 Å². The molecule has 0 radical (unpaired) electrons. The van der Waals surface area contributed by atoms with Crippen molar-refractivity contribution in [2.45, 2.75) is 32.9 Å². The number of methoxy groups -OCH3 is 1. The van der Waals surface area contributed by atoms with Gasteiger partial charge < -0.3 is 14.8 Å². The minimum atomic E-state index is 0.0400. The van der Waals surface area contributed by atoms with Crippen LogP contribution in [0.4, 0.5) is 0 Å². The Balaban J connectivity index is 2.93. The molecule has 4 heteroatoms. The van der Waals surface area contributed by atoms with Crippen LogP contribution in [-0.4, -0.2) is 19.3 Å². The van der Waals surface area contributed by atoms with E-state index in [4.69, 9.17) is 27.5 Å². The molecule has 0 aliphatic rings. The summed E-state index contributed by atoms with van der Waals surface area (Å²) in [4.78, 5) is 0. The Morgan fingerprint density at radius 3 is 2.58 bits per heavy atom. The summed E-state index contributed by atoms with van der Waals surface area (Å²) in [5, 5.41) is 3.89. The van der Waals surface area contributed by atoms with Gasteiger partial charge in [0, 0.05) is 12.1 Å². The molecule has 0 aromatic heterocycles. The normalized spacial score (nSPS) is 10.9. The number of nitrogens with one attached hydrogen (secondary N) is 1. The van der Waals surface area contributed by atoms with Gasteiger partial charge in [-0.2, -0.15) is 0 Å². The number of hydrogen-bond donors (Lipinski definition) is 1. The number of rotatable bonds is 5. The van der Waals surface area contributed by atoms with E-state index in [-0.39, 0.29) is 12.1 Å². The number of hydrogen-bond acceptors (Lipinski definition) is 3. The van der Waals surface area contributed by atoms with Gasteiger partial charge in [0.25, 0.3) is 0 Å². The van der Waals surface area contributed by atoms with Gasteiger partial charge in [0.2, 0.25) is 0 Å². The first kappa shape index (κ1) is 15.7. The molecule has 0 saturated carbocycles. The highest BCUT2D eigenvalue weighted by atomic mass is 35.5. The standard InChI is InChI=1S/C15H20ClNO2/c1-6-7-19-14-12(16)8-11(9-13(14)18-5)10-17-15(2,3)4/h1,8-9,17H,7,10H2,2-5H3. The molecule has 0 amide bonds. The number of terminal acetylenes is 1. The summed E-state index contributed by atoms with van der Waals surface area (Å²) in [6.45, 7) is 7.19. The Labute approximate surface area is 120 Å². The first-order chi connectivity index (χ1) is 8.87. The molecule has 3 nitrogen and oxygen atoms in total. The Bertz CT molecular complexity index is 472. The van der Waals surface area contributed by atoms with Gasteiger partial charge in [-0.3, -0.25) is 0 Å². The number of halogens is 1. The zero-order valence-electron chi connectivity index (χ0n) is 11.8. The van der Waals surface area contributed by atoms with Crippen LogP contribution >= 0.6 is 11.6 Å². The topological polar surface area (TPSA) is 30.5 Å². The van der Waals surface area contributed by atoms with Crippen LogP contribution in [0.2, 0.25) is 5.02 Å². The Hall–Kier alpha value is -1.37. The number of ether oxygens (including phenoxy) is 2. The molecule has 0 heterocycles. The van der Waals surface area contributed by atoms with Crippen molar-refractivity contribution < 1.29 is 9.47 Å². The van der Waals surface area contributed by atoms with Gasteiger partial charge in [0.15, 0.2) is 11.5 Å². The Morgan fingerprint density at radius 2 is 2.05 bits per heavy atom. The first-order valence-corrected chi connectivity index (χ1v) is 6.43. The summed E-state index contributed by atoms with van der Waals surface area (Å²) < 4.78 is 10.7. The van der Waals surface area contributed by atoms with Gasteiger partial charge in [-0.1, -0.05) is 17.5 Å². The molecule has 0 aliphatic carbocycles. The van der Waals surface area contributed by atoms with Crippen molar-refractivity contribution in [2.75, 3.05) is 13.7 Å². The quantitative estimate of drug-likeness (QED) is 0.841. The number of benzene rings is 1. The van der Waals surface area contributed by atoms with Crippen molar-refractivity contribution in [1.82, 2.24) is 5.32 Å². The van der Waals surface area contributed by atoms with Crippen molar-refractivity contribution in [3.05, 3.63) is 22.7 Å². The van der Waals surface area contributed by atoms with Crippen LogP contribution in [0.3, 0.4) is 0 Å². The summed E-state index contributed by atoms with van der Waals surface area (Å²) >= 11 is 6.20. The summed E-state index contributed by atoms with van der Waals surface area (Å²) in [5.74, 6) is 3.48. The van der Waals surface area contributed by atoms with Crippen LogP contribution in [0.1, 0.15) is 26.3 Å². The lowest BCUT2D eigenvalue weighted by Gasteiger charge is -2.21. The van der Waals surface area contributed by atoms with Gasteiger partial charge in [0.05, 0.1) is 12.1 Å². The second kappa shape index (κ2) is 6.70. The predicted octanol–water partition coefficient (Wildman–Crippen LogP) is 3.25. The average Bonchev–Trinajstić information content (AvgIpc) is 2.33. The molecule has 0 atom stereocenters. The highest BCUT2D eigenvalue weighted by molar-refractivity contribution is 6.32. The fraction of sp³-hybridized carbons (Fsp3) is 0.467. The lowest BCUT2D eigenvalue weighted by Crippen LogP contribution is -2.35. The highest BCUT2D eigenvalue weighted by Gasteiger charge is 2.14. The van der Waals surface area contributed by atoms with Gasteiger partial charge >= 0.3 is 0 Å². The van der Waals surface area contributed by atoms with E-state index >= 15 is 0 Å². The summed E-state index contributed by atoms with van der Waals surface area (Å²) in [7, 11) is 1.58. The molecule has 0 bridgehead atoms. The monoisotopic (exact) mass is 281 g/mol. The SMILES string of the molecule is C#CCOc1c(Cl)cc(CNC(C)(C)C)cc1OC. The summed E-state index contributed by atoms with van der Waals surface area (Å²) in [6, 6.07) is 3.76. The maximum absolute atomic E-state index is 6.20. The lowest BCUT2D eigenvalue weighted by atomic mass is 10.1. The minimum absolute atomic E-state index is 0.0400. The van der Waals surface area contributed by atoms with E-state index in [9.17, 15) is 0 Å². The van der Waals surface area contributed by atoms with Crippen molar-refractivity contribution in [3.63, 3.8) is 0 Å². The van der Waals surface area contributed by atoms with Crippen LogP contribution in [-0.2, 0) is 6.54 Å². The van der Waals surface area contributed by atoms with Crippen molar-refractivity contribution in [2.24, 2.45) is 0 Å². The largest absolute Gasteiger partial charge is 0.493 e. The maximum Gasteiger partial charge on any atom is 0.181 e. The van der Waals surface area contributed by atoms with E-state index in [2.05, 4.69) is 32.0 Å². The van der Waals surface area contributed by atoms with E-state index in [1.165, 1.54) is 0 Å². The lowest BCUT2D eigenvalue weighted by molar-refractivity contribution is 0.330. The molecule has 0 unspecified atom stereocenters. The summed E-state index contributed by atoms with van der Waals surface area (Å²) in [6.07, 6.45) is 5.17. The molecule has 104 valence electrons. The van der Waals surface area contributed by atoms with E-state index in [0.717, 1.165) is 5.56 Å². The molecule has 1 aromatic carbocycles. The molecule has 1 aromatic rings. The fourth-order valence-corrected chi connectivity index (χ4v) is 1.78. The third kappa shape index (κ3) is 5.02. The molecule has 19 heavy (non-hydrogen) atoms. The second-order valence-electron chi connectivity index (χ2n) is 5.21. The molecule has 0 saturated heterocycles. The molecular weight excluding hydrogens is 262 g/mol. The Morgan fingerprint density at radius 1 is 1.37 bits per heavy atom. The zero-order chi connectivity index (χ0) is 14.5. The molecule has 1 N–H and O–H groups in total. The average molecular weight is 282 g/mol. The van der Waals surface area contributed by atoms with E-state index in [1.54, 1.807) is 7.11 Å². The zero-order valence-corrected chi connectivity index (χ0v) is 12.6. The predicted molar refractivity (Wildman–Crippen MR) is 78.9 cm³/mol. The van der Waals surface area contributed by atoms with E-state index in [1.807, 2.05) is 12.1 Å². The van der Waals surface area contributed by atoms with Crippen LogP contribution in [0.15, 0.2) is 12.1 Å². The Kier molecular flexibility index (Phi) is 5.53. The van der Waals surface area contributed by atoms with Gasteiger partial charge in [-0.05, 0) is 38.5 Å². The van der Waals surface area contributed by atoms with Crippen molar-refractivity contribution in [3.8, 4) is 23.8 Å². The van der Waals surface area contributed by atoms with Crippen LogP contribution in [0.5, 0.6) is 11.5 Å². The van der Waals surface area contributed by atoms with Gasteiger partial charge in [-0.15, -0.1) is 6.42 Å². The van der Waals surface area contributed by atoms with Crippen LogP contribution in [0.25, 0.3) is 0 Å². The molecule has 0 fully saturated rings. The fourth-order valence-electron chi connectivity index (χ4n) is 1.50. The molecule has 0 aliphatic heterocycles. The van der Waals surface area contributed by atoms with Gasteiger partial charge in [0.1, 0.15) is 6.61 Å². The van der Waals surface area contributed by atoms with Crippen molar-refractivity contribution >= 4 is 11.6 Å². The third-order valence-electron chi connectivity index (χ3n) is 2.41. The van der Waals surface area contributed by atoms with Crippen LogP contribution < -0.4 is 14.8 Å². The maximum atomic E-state index is 6.20. The second-order valence-corrected chi connectivity index (χ2v) is 5.61. The highest BCUT2D eigenvalue weighted by Crippen LogP contribution is 2.36. The van der Waals surface area contributed by atoms with Crippen molar-refractivity contribution in [1.29, 1.82) is 0 Å². The molecular formula is C15H20ClNO2. The van der Waals surface area contributed by atoms with E-state index < -0.39 is 0 Å². The van der Waals surface area contributed by atoms with Crippen LogP contribution in [0, 0.1) is 12.3 Å². The molecule has 0 spiro atoms. The minimum Gasteiger partial charge on any atom is -0.493 e. The van der Waals surface area contributed by atoms with E-state index in [0.29, 0.717) is 23.1 Å². The first-order valence-electron chi connectivity index (χ1n) is 6.05. The summed E-state index contributed by atoms with van der Waals surface area (Å²) in [5.41, 5.74) is 1.07. The smallest absolute Gasteiger partial charge is 0.181 e.